The van der Waals surface area contributed by atoms with Gasteiger partial charge in [0.1, 0.15) is 5.82 Å². The second-order valence-corrected chi connectivity index (χ2v) is 5.56. The van der Waals surface area contributed by atoms with Gasteiger partial charge in [-0.25, -0.2) is 0 Å². The van der Waals surface area contributed by atoms with Crippen LogP contribution in [-0.4, -0.2) is 21.1 Å². The molecule has 2 heterocycles. The Labute approximate surface area is 144 Å². The Morgan fingerprint density at radius 1 is 1.21 bits per heavy atom. The summed E-state index contributed by atoms with van der Waals surface area (Å²) in [5.74, 6) is 0.304. The SMILES string of the molecule is Cc1c(-c2ccncc2)n[nH]c1NC(=O)C=Cc1ccccc1Cl. The molecular weight excluding hydrogens is 324 g/mol. The van der Waals surface area contributed by atoms with Gasteiger partial charge in [0.25, 0.3) is 0 Å². The van der Waals surface area contributed by atoms with Crippen molar-refractivity contribution in [3.8, 4) is 11.3 Å². The highest BCUT2D eigenvalue weighted by molar-refractivity contribution is 6.32. The Morgan fingerprint density at radius 2 is 1.96 bits per heavy atom. The first kappa shape index (κ1) is 16.0. The standard InChI is InChI=1S/C18H15ClN4O/c1-12-17(14-8-10-20-11-9-14)22-23-18(12)21-16(24)7-6-13-4-2-3-5-15(13)19/h2-11H,1H3,(H2,21,22,23,24). The summed E-state index contributed by atoms with van der Waals surface area (Å²) in [7, 11) is 0. The number of hydrogen-bond acceptors (Lipinski definition) is 3. The van der Waals surface area contributed by atoms with E-state index in [2.05, 4.69) is 20.5 Å². The molecule has 2 aromatic heterocycles. The molecule has 0 spiro atoms. The summed E-state index contributed by atoms with van der Waals surface area (Å²) in [6, 6.07) is 11.1. The molecule has 2 N–H and O–H groups in total. The van der Waals surface area contributed by atoms with E-state index in [1.54, 1.807) is 24.5 Å². The number of anilines is 1. The van der Waals surface area contributed by atoms with Gasteiger partial charge in [-0.3, -0.25) is 14.9 Å². The maximum atomic E-state index is 12.1. The minimum Gasteiger partial charge on any atom is -0.307 e. The molecule has 0 aliphatic carbocycles. The van der Waals surface area contributed by atoms with E-state index in [-0.39, 0.29) is 5.91 Å². The van der Waals surface area contributed by atoms with Gasteiger partial charge in [0.15, 0.2) is 0 Å². The fourth-order valence-corrected chi connectivity index (χ4v) is 2.45. The van der Waals surface area contributed by atoms with Crippen LogP contribution in [0.4, 0.5) is 5.82 Å². The predicted octanol–water partition coefficient (Wildman–Crippen LogP) is 4.09. The quantitative estimate of drug-likeness (QED) is 0.704. The minimum absolute atomic E-state index is 0.261. The third-order valence-electron chi connectivity index (χ3n) is 3.53. The molecule has 0 saturated heterocycles. The van der Waals surface area contributed by atoms with Crippen molar-refractivity contribution in [2.24, 2.45) is 0 Å². The molecule has 0 unspecified atom stereocenters. The summed E-state index contributed by atoms with van der Waals surface area (Å²) in [6.45, 7) is 1.90. The number of nitrogens with one attached hydrogen (secondary N) is 2. The molecule has 0 fully saturated rings. The monoisotopic (exact) mass is 338 g/mol. The summed E-state index contributed by atoms with van der Waals surface area (Å²) < 4.78 is 0. The third-order valence-corrected chi connectivity index (χ3v) is 3.88. The summed E-state index contributed by atoms with van der Waals surface area (Å²) in [4.78, 5) is 16.1. The van der Waals surface area contributed by atoms with Crippen LogP contribution in [0.25, 0.3) is 17.3 Å². The van der Waals surface area contributed by atoms with Crippen LogP contribution in [0.3, 0.4) is 0 Å². The number of halogens is 1. The zero-order chi connectivity index (χ0) is 16.9. The Morgan fingerprint density at radius 3 is 2.71 bits per heavy atom. The lowest BCUT2D eigenvalue weighted by Gasteiger charge is -2.01. The van der Waals surface area contributed by atoms with Gasteiger partial charge in [0, 0.05) is 34.6 Å². The lowest BCUT2D eigenvalue weighted by Crippen LogP contribution is -2.09. The average Bonchev–Trinajstić information content (AvgIpc) is 2.96. The Balaban J connectivity index is 1.74. The number of benzene rings is 1. The van der Waals surface area contributed by atoms with Gasteiger partial charge in [-0.1, -0.05) is 29.8 Å². The largest absolute Gasteiger partial charge is 0.307 e. The van der Waals surface area contributed by atoms with Crippen molar-refractivity contribution in [1.29, 1.82) is 0 Å². The van der Waals surface area contributed by atoms with E-state index < -0.39 is 0 Å². The molecule has 3 aromatic rings. The van der Waals surface area contributed by atoms with Crippen LogP contribution in [-0.2, 0) is 4.79 Å². The van der Waals surface area contributed by atoms with Gasteiger partial charge in [0.2, 0.25) is 5.91 Å². The van der Waals surface area contributed by atoms with Gasteiger partial charge in [-0.15, -0.1) is 0 Å². The van der Waals surface area contributed by atoms with E-state index in [0.717, 1.165) is 22.4 Å². The second kappa shape index (κ2) is 7.10. The molecule has 24 heavy (non-hydrogen) atoms. The van der Waals surface area contributed by atoms with Crippen molar-refractivity contribution in [3.05, 3.63) is 71.0 Å². The van der Waals surface area contributed by atoms with Gasteiger partial charge in [-0.2, -0.15) is 5.10 Å². The normalized spacial score (nSPS) is 10.9. The van der Waals surface area contributed by atoms with Crippen molar-refractivity contribution >= 4 is 29.4 Å². The average molecular weight is 339 g/mol. The van der Waals surface area contributed by atoms with E-state index in [9.17, 15) is 4.79 Å². The molecule has 0 atom stereocenters. The van der Waals surface area contributed by atoms with Crippen LogP contribution in [0.5, 0.6) is 0 Å². The molecule has 0 radical (unpaired) electrons. The van der Waals surface area contributed by atoms with E-state index in [1.165, 1.54) is 6.08 Å². The molecule has 1 amide bonds. The first-order chi connectivity index (χ1) is 11.6. The van der Waals surface area contributed by atoms with Crippen molar-refractivity contribution < 1.29 is 4.79 Å². The van der Waals surface area contributed by atoms with Crippen molar-refractivity contribution in [1.82, 2.24) is 15.2 Å². The predicted molar refractivity (Wildman–Crippen MR) is 95.7 cm³/mol. The number of carbonyl (C=O) groups is 1. The third kappa shape index (κ3) is 3.52. The van der Waals surface area contributed by atoms with Crippen molar-refractivity contribution in [2.75, 3.05) is 5.32 Å². The summed E-state index contributed by atoms with van der Waals surface area (Å²) >= 11 is 6.06. The number of H-pyrrole nitrogens is 1. The number of aromatic nitrogens is 3. The van der Waals surface area contributed by atoms with Crippen LogP contribution in [0.15, 0.2) is 54.9 Å². The number of nitrogens with zero attached hydrogens (tertiary/aromatic N) is 2. The van der Waals surface area contributed by atoms with Gasteiger partial charge in [0.05, 0.1) is 5.69 Å². The van der Waals surface area contributed by atoms with Crippen LogP contribution in [0.1, 0.15) is 11.1 Å². The molecule has 0 saturated carbocycles. The maximum absolute atomic E-state index is 12.1. The highest BCUT2D eigenvalue weighted by Gasteiger charge is 2.12. The number of rotatable bonds is 4. The lowest BCUT2D eigenvalue weighted by molar-refractivity contribution is -0.111. The Kier molecular flexibility index (Phi) is 4.72. The highest BCUT2D eigenvalue weighted by atomic mass is 35.5. The molecule has 120 valence electrons. The first-order valence-corrected chi connectivity index (χ1v) is 7.72. The highest BCUT2D eigenvalue weighted by Crippen LogP contribution is 2.25. The summed E-state index contributed by atoms with van der Waals surface area (Å²) in [5, 5.41) is 10.5. The maximum Gasteiger partial charge on any atom is 0.249 e. The lowest BCUT2D eigenvalue weighted by atomic mass is 10.1. The zero-order valence-electron chi connectivity index (χ0n) is 13.0. The van der Waals surface area contributed by atoms with Gasteiger partial charge < -0.3 is 5.32 Å². The van der Waals surface area contributed by atoms with E-state index in [1.807, 2.05) is 37.3 Å². The minimum atomic E-state index is -0.261. The smallest absolute Gasteiger partial charge is 0.249 e. The molecule has 3 rings (SSSR count). The number of carbonyl (C=O) groups excluding carboxylic acids is 1. The molecule has 0 bridgehead atoms. The van der Waals surface area contributed by atoms with Crippen LogP contribution in [0.2, 0.25) is 5.02 Å². The fraction of sp³-hybridized carbons (Fsp3) is 0.0556. The van der Waals surface area contributed by atoms with Crippen molar-refractivity contribution in [2.45, 2.75) is 6.92 Å². The number of amides is 1. The van der Waals surface area contributed by atoms with E-state index in [4.69, 9.17) is 11.6 Å². The Hall–Kier alpha value is -2.92. The van der Waals surface area contributed by atoms with Crippen LogP contribution < -0.4 is 5.32 Å². The second-order valence-electron chi connectivity index (χ2n) is 5.15. The molecule has 0 aliphatic rings. The molecule has 0 aliphatic heterocycles. The van der Waals surface area contributed by atoms with E-state index in [0.29, 0.717) is 10.8 Å². The van der Waals surface area contributed by atoms with Crippen LogP contribution in [0, 0.1) is 6.92 Å². The topological polar surface area (TPSA) is 70.7 Å². The number of pyridine rings is 1. The van der Waals surface area contributed by atoms with Crippen LogP contribution >= 0.6 is 11.6 Å². The summed E-state index contributed by atoms with van der Waals surface area (Å²) in [5.41, 5.74) is 3.36. The number of hydrogen-bond donors (Lipinski definition) is 2. The van der Waals surface area contributed by atoms with Crippen molar-refractivity contribution in [3.63, 3.8) is 0 Å². The fourth-order valence-electron chi connectivity index (χ4n) is 2.25. The molecule has 5 nitrogen and oxygen atoms in total. The number of aromatic amines is 1. The zero-order valence-corrected chi connectivity index (χ0v) is 13.7. The van der Waals surface area contributed by atoms with Gasteiger partial charge >= 0.3 is 0 Å². The molecular formula is C18H15ClN4O. The van der Waals surface area contributed by atoms with E-state index >= 15 is 0 Å². The molecule has 1 aromatic carbocycles. The molecule has 6 heteroatoms. The first-order valence-electron chi connectivity index (χ1n) is 7.34. The Bertz CT molecular complexity index is 887. The van der Waals surface area contributed by atoms with Gasteiger partial charge in [-0.05, 0) is 36.8 Å². The summed E-state index contributed by atoms with van der Waals surface area (Å²) in [6.07, 6.45) is 6.52.